The Kier molecular flexibility index (Phi) is 5.03. The summed E-state index contributed by atoms with van der Waals surface area (Å²) < 4.78 is 0. The Morgan fingerprint density at radius 3 is 2.45 bits per heavy atom. The van der Waals surface area contributed by atoms with E-state index in [-0.39, 0.29) is 17.2 Å². The molecule has 22 heavy (non-hydrogen) atoms. The molecule has 6 heteroatoms. The maximum atomic E-state index is 12.1. The lowest BCUT2D eigenvalue weighted by atomic mass is 10.1. The molecule has 0 bridgehead atoms. The number of rotatable bonds is 4. The second-order valence-electron chi connectivity index (χ2n) is 5.19. The number of benzene rings is 1. The second kappa shape index (κ2) is 6.79. The standard InChI is InChI=1S/C16H19N3O2S/c1-9-6-5-7-10(2)14(9)18-13(20)8-22-16-17-12(4)11(3)15(21)19-16/h5-7H,8H2,1-4H3,(H,18,20)(H,17,19,21). The summed E-state index contributed by atoms with van der Waals surface area (Å²) in [6.45, 7) is 7.42. The summed E-state index contributed by atoms with van der Waals surface area (Å²) in [5, 5.41) is 3.37. The first-order valence-electron chi connectivity index (χ1n) is 6.95. The van der Waals surface area contributed by atoms with E-state index in [9.17, 15) is 9.59 Å². The molecular formula is C16H19N3O2S. The number of carbonyl (C=O) groups is 1. The van der Waals surface area contributed by atoms with Crippen molar-refractivity contribution >= 4 is 23.4 Å². The lowest BCUT2D eigenvalue weighted by molar-refractivity contribution is -0.113. The van der Waals surface area contributed by atoms with Crippen molar-refractivity contribution in [1.29, 1.82) is 0 Å². The van der Waals surface area contributed by atoms with Crippen molar-refractivity contribution in [2.24, 2.45) is 0 Å². The fourth-order valence-electron chi connectivity index (χ4n) is 2.01. The molecular weight excluding hydrogens is 298 g/mol. The Labute approximate surface area is 133 Å². The van der Waals surface area contributed by atoms with E-state index in [1.54, 1.807) is 13.8 Å². The summed E-state index contributed by atoms with van der Waals surface area (Å²) in [6.07, 6.45) is 0. The normalized spacial score (nSPS) is 10.5. The third-order valence-corrected chi connectivity index (χ3v) is 4.33. The molecule has 116 valence electrons. The van der Waals surface area contributed by atoms with E-state index in [1.165, 1.54) is 11.8 Å². The Morgan fingerprint density at radius 2 is 1.86 bits per heavy atom. The van der Waals surface area contributed by atoms with Crippen molar-refractivity contribution < 1.29 is 4.79 Å². The number of nitrogens with one attached hydrogen (secondary N) is 2. The van der Waals surface area contributed by atoms with E-state index in [2.05, 4.69) is 15.3 Å². The van der Waals surface area contributed by atoms with Gasteiger partial charge in [-0.15, -0.1) is 0 Å². The van der Waals surface area contributed by atoms with Crippen LogP contribution >= 0.6 is 11.8 Å². The highest BCUT2D eigenvalue weighted by Crippen LogP contribution is 2.20. The zero-order valence-corrected chi connectivity index (χ0v) is 13.9. The molecule has 1 amide bonds. The summed E-state index contributed by atoms with van der Waals surface area (Å²) in [5.41, 5.74) is 4.01. The average molecular weight is 317 g/mol. The lowest BCUT2D eigenvalue weighted by Crippen LogP contribution is -2.18. The van der Waals surface area contributed by atoms with Gasteiger partial charge in [0.1, 0.15) is 0 Å². The summed E-state index contributed by atoms with van der Waals surface area (Å²) in [6, 6.07) is 5.87. The first-order valence-corrected chi connectivity index (χ1v) is 7.93. The molecule has 0 aliphatic rings. The lowest BCUT2D eigenvalue weighted by Gasteiger charge is -2.11. The van der Waals surface area contributed by atoms with Crippen LogP contribution in [0.3, 0.4) is 0 Å². The molecule has 2 N–H and O–H groups in total. The number of aromatic amines is 1. The van der Waals surface area contributed by atoms with Gasteiger partial charge in [-0.2, -0.15) is 0 Å². The van der Waals surface area contributed by atoms with Crippen molar-refractivity contribution in [3.8, 4) is 0 Å². The number of carbonyl (C=O) groups excluding carboxylic acids is 1. The third-order valence-electron chi connectivity index (χ3n) is 3.46. The first-order chi connectivity index (χ1) is 10.4. The van der Waals surface area contributed by atoms with Crippen LogP contribution in [-0.4, -0.2) is 21.6 Å². The van der Waals surface area contributed by atoms with Gasteiger partial charge in [-0.3, -0.25) is 9.59 Å². The van der Waals surface area contributed by atoms with Crippen LogP contribution < -0.4 is 10.9 Å². The molecule has 0 saturated heterocycles. The predicted molar refractivity (Wildman–Crippen MR) is 89.6 cm³/mol. The topological polar surface area (TPSA) is 74.8 Å². The number of amides is 1. The van der Waals surface area contributed by atoms with Crippen LogP contribution in [-0.2, 0) is 4.79 Å². The number of aryl methyl sites for hydroxylation is 3. The van der Waals surface area contributed by atoms with E-state index >= 15 is 0 Å². The van der Waals surface area contributed by atoms with E-state index in [4.69, 9.17) is 0 Å². The molecule has 0 radical (unpaired) electrons. The molecule has 5 nitrogen and oxygen atoms in total. The molecule has 1 aromatic carbocycles. The SMILES string of the molecule is Cc1cccc(C)c1NC(=O)CSc1nc(C)c(C)c(=O)[nH]1. The van der Waals surface area contributed by atoms with Gasteiger partial charge in [-0.05, 0) is 38.8 Å². The second-order valence-corrected chi connectivity index (χ2v) is 6.15. The number of anilines is 1. The van der Waals surface area contributed by atoms with E-state index in [0.717, 1.165) is 16.8 Å². The van der Waals surface area contributed by atoms with Gasteiger partial charge in [-0.1, -0.05) is 30.0 Å². The van der Waals surface area contributed by atoms with E-state index < -0.39 is 0 Å². The van der Waals surface area contributed by atoms with Gasteiger partial charge in [0.15, 0.2) is 5.16 Å². The summed E-state index contributed by atoms with van der Waals surface area (Å²) in [7, 11) is 0. The number of aromatic nitrogens is 2. The molecule has 2 rings (SSSR count). The largest absolute Gasteiger partial charge is 0.325 e. The first kappa shape index (κ1) is 16.3. The summed E-state index contributed by atoms with van der Waals surface area (Å²) in [5.74, 6) is 0.0717. The smallest absolute Gasteiger partial charge is 0.254 e. The van der Waals surface area contributed by atoms with E-state index in [0.29, 0.717) is 16.4 Å². The molecule has 0 saturated carbocycles. The van der Waals surface area contributed by atoms with Gasteiger partial charge in [0.05, 0.1) is 5.75 Å². The molecule has 0 atom stereocenters. The Morgan fingerprint density at radius 1 is 1.23 bits per heavy atom. The van der Waals surface area contributed by atoms with Gasteiger partial charge in [0.25, 0.3) is 5.56 Å². The van der Waals surface area contributed by atoms with Gasteiger partial charge in [0, 0.05) is 16.9 Å². The number of thioether (sulfide) groups is 1. The van der Waals surface area contributed by atoms with Gasteiger partial charge in [0.2, 0.25) is 5.91 Å². The minimum atomic E-state index is -0.162. The van der Waals surface area contributed by atoms with Crippen LogP contribution in [0.4, 0.5) is 5.69 Å². The number of hydrogen-bond acceptors (Lipinski definition) is 4. The monoisotopic (exact) mass is 317 g/mol. The minimum absolute atomic E-state index is 0.122. The Balaban J connectivity index is 2.03. The quantitative estimate of drug-likeness (QED) is 0.671. The molecule has 1 aromatic heterocycles. The number of para-hydroxylation sites is 1. The predicted octanol–water partition coefficient (Wildman–Crippen LogP) is 2.73. The maximum absolute atomic E-state index is 12.1. The average Bonchev–Trinajstić information content (AvgIpc) is 2.46. The fraction of sp³-hybridized carbons (Fsp3) is 0.312. The Bertz CT molecular complexity index is 748. The van der Waals surface area contributed by atoms with Gasteiger partial charge < -0.3 is 10.3 Å². The zero-order chi connectivity index (χ0) is 16.3. The van der Waals surface area contributed by atoms with Crippen LogP contribution in [0.25, 0.3) is 0 Å². The summed E-state index contributed by atoms with van der Waals surface area (Å²) >= 11 is 1.22. The molecule has 0 fully saturated rings. The molecule has 0 aliphatic carbocycles. The van der Waals surface area contributed by atoms with Crippen LogP contribution in [0.1, 0.15) is 22.4 Å². The highest BCUT2D eigenvalue weighted by atomic mass is 32.2. The molecule has 1 heterocycles. The highest BCUT2D eigenvalue weighted by molar-refractivity contribution is 7.99. The number of hydrogen-bond donors (Lipinski definition) is 2. The summed E-state index contributed by atoms with van der Waals surface area (Å²) in [4.78, 5) is 30.7. The molecule has 0 spiro atoms. The third kappa shape index (κ3) is 3.76. The highest BCUT2D eigenvalue weighted by Gasteiger charge is 2.10. The van der Waals surface area contributed by atoms with Gasteiger partial charge >= 0.3 is 0 Å². The van der Waals surface area contributed by atoms with Crippen molar-refractivity contribution in [3.63, 3.8) is 0 Å². The fourth-order valence-corrected chi connectivity index (χ4v) is 2.72. The van der Waals surface area contributed by atoms with Crippen molar-refractivity contribution in [3.05, 3.63) is 50.9 Å². The molecule has 2 aromatic rings. The number of nitrogens with zero attached hydrogens (tertiary/aromatic N) is 1. The maximum Gasteiger partial charge on any atom is 0.254 e. The number of H-pyrrole nitrogens is 1. The van der Waals surface area contributed by atoms with Crippen molar-refractivity contribution in [2.45, 2.75) is 32.9 Å². The van der Waals surface area contributed by atoms with Crippen molar-refractivity contribution in [1.82, 2.24) is 9.97 Å². The van der Waals surface area contributed by atoms with Crippen LogP contribution in [0, 0.1) is 27.7 Å². The van der Waals surface area contributed by atoms with Gasteiger partial charge in [-0.25, -0.2) is 4.98 Å². The Hall–Kier alpha value is -2.08. The molecule has 0 aliphatic heterocycles. The zero-order valence-electron chi connectivity index (χ0n) is 13.1. The van der Waals surface area contributed by atoms with Crippen LogP contribution in [0.5, 0.6) is 0 Å². The van der Waals surface area contributed by atoms with E-state index in [1.807, 2.05) is 32.0 Å². The van der Waals surface area contributed by atoms with Crippen LogP contribution in [0.2, 0.25) is 0 Å². The minimum Gasteiger partial charge on any atom is -0.325 e. The van der Waals surface area contributed by atoms with Crippen molar-refractivity contribution in [2.75, 3.05) is 11.1 Å². The molecule has 0 unspecified atom stereocenters. The van der Waals surface area contributed by atoms with Crippen LogP contribution in [0.15, 0.2) is 28.2 Å².